The summed E-state index contributed by atoms with van der Waals surface area (Å²) in [6.45, 7) is 1.00. The minimum atomic E-state index is 0.493. The van der Waals surface area contributed by atoms with Gasteiger partial charge in [-0.15, -0.1) is 0 Å². The van der Waals surface area contributed by atoms with Crippen molar-refractivity contribution < 1.29 is 0 Å². The van der Waals surface area contributed by atoms with Crippen LogP contribution in [-0.2, 0) is 13.0 Å². The van der Waals surface area contributed by atoms with Crippen LogP contribution in [0.3, 0.4) is 0 Å². The molecule has 2 aliphatic rings. The zero-order valence-corrected chi connectivity index (χ0v) is 11.7. The van der Waals surface area contributed by atoms with E-state index in [4.69, 9.17) is 0 Å². The molecule has 20 heavy (non-hydrogen) atoms. The van der Waals surface area contributed by atoms with Crippen molar-refractivity contribution in [2.24, 2.45) is 0 Å². The second-order valence-corrected chi connectivity index (χ2v) is 6.04. The molecule has 0 radical (unpaired) electrons. The van der Waals surface area contributed by atoms with E-state index in [1.165, 1.54) is 48.1 Å². The molecule has 0 aliphatic heterocycles. The number of pyridine rings is 1. The minimum absolute atomic E-state index is 0.493. The average molecular weight is 264 g/mol. The van der Waals surface area contributed by atoms with Gasteiger partial charge in [0.1, 0.15) is 0 Å². The first-order chi connectivity index (χ1) is 9.90. The number of fused-ring (bicyclic) bond motifs is 1. The Bertz CT molecular complexity index is 616. The van der Waals surface area contributed by atoms with E-state index in [1.807, 2.05) is 6.20 Å². The van der Waals surface area contributed by atoms with E-state index < -0.39 is 0 Å². The van der Waals surface area contributed by atoms with Crippen LogP contribution in [0.4, 0.5) is 0 Å². The van der Waals surface area contributed by atoms with Gasteiger partial charge in [0.05, 0.1) is 5.69 Å². The molecule has 0 bridgehead atoms. The predicted octanol–water partition coefficient (Wildman–Crippen LogP) is 3.41. The number of rotatable bonds is 4. The van der Waals surface area contributed by atoms with Gasteiger partial charge in [0, 0.05) is 24.7 Å². The Morgan fingerprint density at radius 1 is 1.10 bits per heavy atom. The normalized spacial score (nSPS) is 20.9. The maximum absolute atomic E-state index is 4.62. The maximum Gasteiger partial charge on any atom is 0.0510 e. The summed E-state index contributed by atoms with van der Waals surface area (Å²) in [7, 11) is 0. The van der Waals surface area contributed by atoms with Gasteiger partial charge in [-0.3, -0.25) is 4.98 Å². The molecule has 2 heteroatoms. The molecule has 2 aliphatic carbocycles. The van der Waals surface area contributed by atoms with Crippen LogP contribution < -0.4 is 5.32 Å². The Morgan fingerprint density at radius 3 is 2.95 bits per heavy atom. The molecule has 0 spiro atoms. The molecule has 1 atom stereocenters. The van der Waals surface area contributed by atoms with E-state index in [0.29, 0.717) is 5.92 Å². The SMILES string of the molecule is c1cc(CNC2CC2)cc(C2CCc3cccnc32)c1. The smallest absolute Gasteiger partial charge is 0.0510 e. The molecular weight excluding hydrogens is 244 g/mol. The van der Waals surface area contributed by atoms with E-state index in [2.05, 4.69) is 46.7 Å². The van der Waals surface area contributed by atoms with Crippen LogP contribution in [0.5, 0.6) is 0 Å². The summed E-state index contributed by atoms with van der Waals surface area (Å²) in [5.41, 5.74) is 5.55. The van der Waals surface area contributed by atoms with Gasteiger partial charge in [0.2, 0.25) is 0 Å². The highest BCUT2D eigenvalue weighted by atomic mass is 14.9. The van der Waals surface area contributed by atoms with E-state index in [-0.39, 0.29) is 0 Å². The molecule has 1 heterocycles. The fraction of sp³-hybridized carbons (Fsp3) is 0.389. The van der Waals surface area contributed by atoms with Crippen molar-refractivity contribution in [3.63, 3.8) is 0 Å². The van der Waals surface area contributed by atoms with Gasteiger partial charge in [-0.1, -0.05) is 30.3 Å². The number of aryl methyl sites for hydroxylation is 1. The number of hydrogen-bond donors (Lipinski definition) is 1. The molecule has 1 aromatic heterocycles. The van der Waals surface area contributed by atoms with Crippen molar-refractivity contribution in [1.82, 2.24) is 10.3 Å². The van der Waals surface area contributed by atoms with Crippen molar-refractivity contribution in [1.29, 1.82) is 0 Å². The highest BCUT2D eigenvalue weighted by Crippen LogP contribution is 2.36. The molecule has 0 saturated heterocycles. The highest BCUT2D eigenvalue weighted by molar-refractivity contribution is 5.39. The van der Waals surface area contributed by atoms with Gasteiger partial charge in [-0.25, -0.2) is 0 Å². The van der Waals surface area contributed by atoms with Crippen LogP contribution in [0.2, 0.25) is 0 Å². The quantitative estimate of drug-likeness (QED) is 0.915. The third-order valence-corrected chi connectivity index (χ3v) is 4.48. The van der Waals surface area contributed by atoms with E-state index in [1.54, 1.807) is 0 Å². The van der Waals surface area contributed by atoms with Gasteiger partial charge in [-0.2, -0.15) is 0 Å². The number of benzene rings is 1. The summed E-state index contributed by atoms with van der Waals surface area (Å²) >= 11 is 0. The van der Waals surface area contributed by atoms with Crippen LogP contribution in [0.1, 0.15) is 47.6 Å². The van der Waals surface area contributed by atoms with Gasteiger partial charge < -0.3 is 5.32 Å². The lowest BCUT2D eigenvalue weighted by Crippen LogP contribution is -2.15. The Hall–Kier alpha value is -1.67. The molecule has 2 aromatic rings. The van der Waals surface area contributed by atoms with Crippen molar-refractivity contribution in [3.05, 3.63) is 65.0 Å². The average Bonchev–Trinajstić information content (AvgIpc) is 3.23. The Morgan fingerprint density at radius 2 is 2.05 bits per heavy atom. The van der Waals surface area contributed by atoms with E-state index in [0.717, 1.165) is 12.6 Å². The first kappa shape index (κ1) is 12.1. The molecule has 1 N–H and O–H groups in total. The fourth-order valence-corrected chi connectivity index (χ4v) is 3.21. The van der Waals surface area contributed by atoms with E-state index in [9.17, 15) is 0 Å². The Labute approximate surface area is 120 Å². The highest BCUT2D eigenvalue weighted by Gasteiger charge is 2.25. The monoisotopic (exact) mass is 264 g/mol. The lowest BCUT2D eigenvalue weighted by Gasteiger charge is -2.13. The van der Waals surface area contributed by atoms with Gasteiger partial charge in [0.25, 0.3) is 0 Å². The Balaban J connectivity index is 1.57. The third kappa shape index (κ3) is 2.36. The summed E-state index contributed by atoms with van der Waals surface area (Å²) in [6.07, 6.45) is 6.99. The Kier molecular flexibility index (Phi) is 3.04. The molecule has 1 fully saturated rings. The standard InChI is InChI=1S/C18H20N2/c1-3-13(12-20-16-7-8-16)11-15(4-1)17-9-6-14-5-2-10-19-18(14)17/h1-5,10-11,16-17,20H,6-9,12H2. The number of nitrogens with zero attached hydrogens (tertiary/aromatic N) is 1. The van der Waals surface area contributed by atoms with Crippen LogP contribution in [0.15, 0.2) is 42.6 Å². The first-order valence-electron chi connectivity index (χ1n) is 7.66. The minimum Gasteiger partial charge on any atom is -0.310 e. The second kappa shape index (κ2) is 5.02. The number of aromatic nitrogens is 1. The molecular formula is C18H20N2. The summed E-state index contributed by atoms with van der Waals surface area (Å²) < 4.78 is 0. The molecule has 102 valence electrons. The fourth-order valence-electron chi connectivity index (χ4n) is 3.21. The van der Waals surface area contributed by atoms with Crippen LogP contribution >= 0.6 is 0 Å². The summed E-state index contributed by atoms with van der Waals surface area (Å²) in [5, 5.41) is 3.59. The zero-order valence-electron chi connectivity index (χ0n) is 11.7. The largest absolute Gasteiger partial charge is 0.310 e. The first-order valence-corrected chi connectivity index (χ1v) is 7.66. The lowest BCUT2D eigenvalue weighted by atomic mass is 9.95. The van der Waals surface area contributed by atoms with Gasteiger partial charge >= 0.3 is 0 Å². The van der Waals surface area contributed by atoms with Crippen LogP contribution in [0, 0.1) is 0 Å². The lowest BCUT2D eigenvalue weighted by molar-refractivity contribution is 0.685. The van der Waals surface area contributed by atoms with Gasteiger partial charge in [-0.05, 0) is 48.4 Å². The van der Waals surface area contributed by atoms with Crippen molar-refractivity contribution in [2.75, 3.05) is 0 Å². The second-order valence-electron chi connectivity index (χ2n) is 6.04. The topological polar surface area (TPSA) is 24.9 Å². The summed E-state index contributed by atoms with van der Waals surface area (Å²) in [4.78, 5) is 4.62. The molecule has 1 saturated carbocycles. The summed E-state index contributed by atoms with van der Waals surface area (Å²) in [6, 6.07) is 14.1. The summed E-state index contributed by atoms with van der Waals surface area (Å²) in [5.74, 6) is 0.493. The molecule has 1 unspecified atom stereocenters. The van der Waals surface area contributed by atoms with Crippen molar-refractivity contribution in [3.8, 4) is 0 Å². The van der Waals surface area contributed by atoms with Crippen molar-refractivity contribution in [2.45, 2.75) is 44.2 Å². The van der Waals surface area contributed by atoms with E-state index >= 15 is 0 Å². The third-order valence-electron chi connectivity index (χ3n) is 4.48. The molecule has 4 rings (SSSR count). The number of nitrogens with one attached hydrogen (secondary N) is 1. The van der Waals surface area contributed by atoms with Crippen LogP contribution in [-0.4, -0.2) is 11.0 Å². The molecule has 0 amide bonds. The zero-order chi connectivity index (χ0) is 13.4. The van der Waals surface area contributed by atoms with Crippen molar-refractivity contribution >= 4 is 0 Å². The van der Waals surface area contributed by atoms with Gasteiger partial charge in [0.15, 0.2) is 0 Å². The van der Waals surface area contributed by atoms with Crippen LogP contribution in [0.25, 0.3) is 0 Å². The molecule has 2 nitrogen and oxygen atoms in total. The molecule has 1 aromatic carbocycles. The maximum atomic E-state index is 4.62. The predicted molar refractivity (Wildman–Crippen MR) is 80.7 cm³/mol. The number of hydrogen-bond acceptors (Lipinski definition) is 2.